The van der Waals surface area contributed by atoms with Crippen LogP contribution in [0.4, 0.5) is 11.6 Å². The normalized spacial score (nSPS) is 10.8. The molecule has 0 bridgehead atoms. The SMILES string of the molecule is CCCCCCCCc1cc(Cl)cc(Nc2ncn[nH]2)c1. The van der Waals surface area contributed by atoms with Crippen LogP contribution in [0.3, 0.4) is 0 Å². The van der Waals surface area contributed by atoms with Gasteiger partial charge in [-0.15, -0.1) is 0 Å². The summed E-state index contributed by atoms with van der Waals surface area (Å²) in [5, 5.41) is 10.5. The topological polar surface area (TPSA) is 53.6 Å². The zero-order valence-corrected chi connectivity index (χ0v) is 13.3. The number of aromatic amines is 1. The minimum absolute atomic E-state index is 0.628. The molecule has 1 aromatic carbocycles. The maximum Gasteiger partial charge on any atom is 0.222 e. The lowest BCUT2D eigenvalue weighted by Crippen LogP contribution is -1.95. The van der Waals surface area contributed by atoms with Gasteiger partial charge in [-0.25, -0.2) is 5.10 Å². The van der Waals surface area contributed by atoms with Crippen LogP contribution in [0.25, 0.3) is 0 Å². The van der Waals surface area contributed by atoms with Gasteiger partial charge in [-0.05, 0) is 36.6 Å². The van der Waals surface area contributed by atoms with Gasteiger partial charge in [-0.1, -0.05) is 50.6 Å². The monoisotopic (exact) mass is 306 g/mol. The van der Waals surface area contributed by atoms with E-state index in [4.69, 9.17) is 11.6 Å². The molecule has 1 heterocycles. The van der Waals surface area contributed by atoms with Crippen molar-refractivity contribution in [2.24, 2.45) is 0 Å². The van der Waals surface area contributed by atoms with Crippen LogP contribution in [0.15, 0.2) is 24.5 Å². The molecule has 114 valence electrons. The number of halogens is 1. The van der Waals surface area contributed by atoms with Crippen LogP contribution in [-0.4, -0.2) is 15.2 Å². The lowest BCUT2D eigenvalue weighted by atomic mass is 10.0. The molecule has 0 atom stereocenters. The van der Waals surface area contributed by atoms with Gasteiger partial charge in [0.2, 0.25) is 5.95 Å². The summed E-state index contributed by atoms with van der Waals surface area (Å²) in [6.45, 7) is 2.25. The highest BCUT2D eigenvalue weighted by molar-refractivity contribution is 6.30. The third kappa shape index (κ3) is 5.76. The van der Waals surface area contributed by atoms with Crippen LogP contribution in [0.2, 0.25) is 5.02 Å². The Hall–Kier alpha value is -1.55. The summed E-state index contributed by atoms with van der Waals surface area (Å²) in [6.07, 6.45) is 10.4. The second-order valence-corrected chi connectivity index (χ2v) is 5.76. The lowest BCUT2D eigenvalue weighted by Gasteiger charge is -2.07. The van der Waals surface area contributed by atoms with Crippen LogP contribution in [-0.2, 0) is 6.42 Å². The molecule has 2 rings (SSSR count). The predicted molar refractivity (Wildman–Crippen MR) is 88.2 cm³/mol. The Morgan fingerprint density at radius 2 is 1.90 bits per heavy atom. The van der Waals surface area contributed by atoms with Gasteiger partial charge in [0.05, 0.1) is 0 Å². The lowest BCUT2D eigenvalue weighted by molar-refractivity contribution is 0.607. The van der Waals surface area contributed by atoms with Gasteiger partial charge >= 0.3 is 0 Å². The van der Waals surface area contributed by atoms with Gasteiger partial charge in [0, 0.05) is 10.7 Å². The molecule has 21 heavy (non-hydrogen) atoms. The Balaban J connectivity index is 1.83. The fraction of sp³-hybridized carbons (Fsp3) is 0.500. The molecule has 0 radical (unpaired) electrons. The molecule has 4 nitrogen and oxygen atoms in total. The average molecular weight is 307 g/mol. The Morgan fingerprint density at radius 1 is 1.10 bits per heavy atom. The molecular formula is C16H23ClN4. The standard InChI is InChI=1S/C16H23ClN4/c1-2-3-4-5-6-7-8-13-9-14(17)11-15(10-13)20-16-18-12-19-21-16/h9-12H,2-8H2,1H3,(H2,18,19,20,21). The third-order valence-corrected chi connectivity index (χ3v) is 3.67. The quantitative estimate of drug-likeness (QED) is 0.633. The van der Waals surface area contributed by atoms with E-state index in [-0.39, 0.29) is 0 Å². The number of aryl methyl sites for hydroxylation is 1. The molecule has 5 heteroatoms. The molecule has 0 aliphatic carbocycles. The van der Waals surface area contributed by atoms with Crippen LogP contribution >= 0.6 is 11.6 Å². The van der Waals surface area contributed by atoms with Crippen molar-refractivity contribution in [3.05, 3.63) is 35.1 Å². The van der Waals surface area contributed by atoms with E-state index in [2.05, 4.69) is 33.5 Å². The summed E-state index contributed by atoms with van der Waals surface area (Å²) in [5.41, 5.74) is 2.21. The van der Waals surface area contributed by atoms with Gasteiger partial charge in [0.25, 0.3) is 0 Å². The molecule has 0 spiro atoms. The molecular weight excluding hydrogens is 284 g/mol. The van der Waals surface area contributed by atoms with E-state index in [0.717, 1.165) is 17.1 Å². The van der Waals surface area contributed by atoms with Crippen LogP contribution in [0.1, 0.15) is 51.0 Å². The van der Waals surface area contributed by atoms with Crippen molar-refractivity contribution in [1.29, 1.82) is 0 Å². The van der Waals surface area contributed by atoms with Gasteiger partial charge in [-0.3, -0.25) is 0 Å². The molecule has 0 amide bonds. The number of H-pyrrole nitrogens is 1. The fourth-order valence-electron chi connectivity index (χ4n) is 2.38. The van der Waals surface area contributed by atoms with Crippen LogP contribution in [0.5, 0.6) is 0 Å². The summed E-state index contributed by atoms with van der Waals surface area (Å²) < 4.78 is 0. The summed E-state index contributed by atoms with van der Waals surface area (Å²) >= 11 is 6.19. The maximum absolute atomic E-state index is 6.19. The van der Waals surface area contributed by atoms with Crippen molar-refractivity contribution in [3.8, 4) is 0 Å². The average Bonchev–Trinajstić information content (AvgIpc) is 2.95. The highest BCUT2D eigenvalue weighted by Gasteiger charge is 2.02. The van der Waals surface area contributed by atoms with E-state index >= 15 is 0 Å². The first-order valence-corrected chi connectivity index (χ1v) is 8.07. The first-order valence-electron chi connectivity index (χ1n) is 7.70. The number of aromatic nitrogens is 3. The fourth-order valence-corrected chi connectivity index (χ4v) is 2.64. The number of nitrogens with zero attached hydrogens (tertiary/aromatic N) is 2. The van der Waals surface area contributed by atoms with E-state index < -0.39 is 0 Å². The van der Waals surface area contributed by atoms with Crippen LogP contribution < -0.4 is 5.32 Å². The van der Waals surface area contributed by atoms with Crippen molar-refractivity contribution in [3.63, 3.8) is 0 Å². The number of hydrogen-bond donors (Lipinski definition) is 2. The van der Waals surface area contributed by atoms with E-state index in [9.17, 15) is 0 Å². The molecule has 2 N–H and O–H groups in total. The minimum atomic E-state index is 0.628. The second-order valence-electron chi connectivity index (χ2n) is 5.33. The summed E-state index contributed by atoms with van der Waals surface area (Å²) in [5.74, 6) is 0.628. The summed E-state index contributed by atoms with van der Waals surface area (Å²) in [4.78, 5) is 4.05. The van der Waals surface area contributed by atoms with Crippen molar-refractivity contribution in [1.82, 2.24) is 15.2 Å². The zero-order chi connectivity index (χ0) is 14.9. The van der Waals surface area contributed by atoms with Crippen molar-refractivity contribution in [2.45, 2.75) is 51.9 Å². The first-order chi connectivity index (χ1) is 10.3. The molecule has 1 aromatic heterocycles. The van der Waals surface area contributed by atoms with E-state index in [0.29, 0.717) is 5.95 Å². The van der Waals surface area contributed by atoms with Crippen LogP contribution in [0, 0.1) is 0 Å². The molecule has 0 aliphatic heterocycles. The van der Waals surface area contributed by atoms with E-state index in [1.807, 2.05) is 12.1 Å². The van der Waals surface area contributed by atoms with E-state index in [1.165, 1.54) is 50.4 Å². The molecule has 0 unspecified atom stereocenters. The molecule has 0 saturated carbocycles. The molecule has 0 fully saturated rings. The molecule has 2 aromatic rings. The predicted octanol–water partition coefficient (Wildman–Crippen LogP) is 5.10. The number of nitrogens with one attached hydrogen (secondary N) is 2. The largest absolute Gasteiger partial charge is 0.325 e. The van der Waals surface area contributed by atoms with E-state index in [1.54, 1.807) is 0 Å². The zero-order valence-electron chi connectivity index (χ0n) is 12.5. The second kappa shape index (κ2) is 8.67. The Morgan fingerprint density at radius 3 is 2.67 bits per heavy atom. The smallest absolute Gasteiger partial charge is 0.222 e. The number of rotatable bonds is 9. The number of benzene rings is 1. The minimum Gasteiger partial charge on any atom is -0.325 e. The maximum atomic E-state index is 6.19. The molecule has 0 saturated heterocycles. The van der Waals surface area contributed by atoms with Gasteiger partial charge in [-0.2, -0.15) is 10.1 Å². The summed E-state index contributed by atoms with van der Waals surface area (Å²) in [7, 11) is 0. The highest BCUT2D eigenvalue weighted by Crippen LogP contribution is 2.22. The number of hydrogen-bond acceptors (Lipinski definition) is 3. The first kappa shape index (κ1) is 15.8. The third-order valence-electron chi connectivity index (χ3n) is 3.45. The van der Waals surface area contributed by atoms with Crippen molar-refractivity contribution < 1.29 is 0 Å². The van der Waals surface area contributed by atoms with Gasteiger partial charge in [0.1, 0.15) is 6.33 Å². The summed E-state index contributed by atoms with van der Waals surface area (Å²) in [6, 6.07) is 6.06. The van der Waals surface area contributed by atoms with Crippen molar-refractivity contribution in [2.75, 3.05) is 5.32 Å². The Kier molecular flexibility index (Phi) is 6.54. The number of anilines is 2. The van der Waals surface area contributed by atoms with Crippen molar-refractivity contribution >= 4 is 23.2 Å². The highest BCUT2D eigenvalue weighted by atomic mass is 35.5. The Bertz CT molecular complexity index is 525. The van der Waals surface area contributed by atoms with Gasteiger partial charge < -0.3 is 5.32 Å². The molecule has 0 aliphatic rings. The Labute approximate surface area is 131 Å². The number of unbranched alkanes of at least 4 members (excludes halogenated alkanes) is 5. The van der Waals surface area contributed by atoms with Gasteiger partial charge in [0.15, 0.2) is 0 Å².